The molecule has 0 aromatic carbocycles. The Bertz CT molecular complexity index is 610. The quantitative estimate of drug-likeness (QED) is 0.884. The van der Waals surface area contributed by atoms with Gasteiger partial charge in [-0.2, -0.15) is 4.98 Å². The predicted molar refractivity (Wildman–Crippen MR) is 82.2 cm³/mol. The average molecular weight is 289 g/mol. The fourth-order valence-electron chi connectivity index (χ4n) is 2.84. The minimum absolute atomic E-state index is 0.522. The predicted octanol–water partition coefficient (Wildman–Crippen LogP) is 2.51. The van der Waals surface area contributed by atoms with Crippen LogP contribution in [-0.2, 0) is 0 Å². The maximum atomic E-state index is 9.73. The number of hydrogen-bond donors (Lipinski definition) is 2. The van der Waals surface area contributed by atoms with E-state index in [-0.39, 0.29) is 0 Å². The molecule has 0 atom stereocenters. The lowest BCUT2D eigenvalue weighted by atomic mass is 10.1. The highest BCUT2D eigenvalue weighted by Gasteiger charge is 2.20. The molecule has 6 nitrogen and oxygen atoms in total. The standard InChI is InChI=1S/C15H23N5O/c1-15(2,21)7-8-16-14-17-9-12-13(19-14)20(10-18-12)11-5-3-4-6-11/h9-11,21H,3-8H2,1-2H3,(H,16,17,19). The molecule has 0 unspecified atom stereocenters. The molecule has 1 aliphatic rings. The molecule has 1 saturated carbocycles. The molecule has 1 fully saturated rings. The minimum Gasteiger partial charge on any atom is -0.390 e. The van der Waals surface area contributed by atoms with Crippen molar-refractivity contribution >= 4 is 17.1 Å². The maximum Gasteiger partial charge on any atom is 0.224 e. The number of nitrogens with one attached hydrogen (secondary N) is 1. The monoisotopic (exact) mass is 289 g/mol. The lowest BCUT2D eigenvalue weighted by Crippen LogP contribution is -2.23. The summed E-state index contributed by atoms with van der Waals surface area (Å²) < 4.78 is 2.19. The van der Waals surface area contributed by atoms with Crippen molar-refractivity contribution in [1.29, 1.82) is 0 Å². The fourth-order valence-corrected chi connectivity index (χ4v) is 2.84. The van der Waals surface area contributed by atoms with Gasteiger partial charge in [0.2, 0.25) is 5.95 Å². The first-order valence-electron chi connectivity index (χ1n) is 7.69. The van der Waals surface area contributed by atoms with Gasteiger partial charge in [-0.15, -0.1) is 0 Å². The van der Waals surface area contributed by atoms with Gasteiger partial charge in [-0.05, 0) is 33.1 Å². The average Bonchev–Trinajstić information content (AvgIpc) is 3.05. The van der Waals surface area contributed by atoms with E-state index in [1.807, 2.05) is 6.33 Å². The molecule has 6 heteroatoms. The molecule has 1 aliphatic carbocycles. The Morgan fingerprint density at radius 3 is 2.81 bits per heavy atom. The number of fused-ring (bicyclic) bond motifs is 1. The Balaban J connectivity index is 1.76. The molecular weight excluding hydrogens is 266 g/mol. The van der Waals surface area contributed by atoms with Gasteiger partial charge in [0.15, 0.2) is 5.65 Å². The van der Waals surface area contributed by atoms with Crippen LogP contribution in [0.5, 0.6) is 0 Å². The third-order valence-electron chi connectivity index (χ3n) is 4.05. The van der Waals surface area contributed by atoms with Gasteiger partial charge in [0.1, 0.15) is 5.52 Å². The summed E-state index contributed by atoms with van der Waals surface area (Å²) >= 11 is 0. The van der Waals surface area contributed by atoms with E-state index >= 15 is 0 Å². The third-order valence-corrected chi connectivity index (χ3v) is 4.05. The summed E-state index contributed by atoms with van der Waals surface area (Å²) in [4.78, 5) is 13.3. The Labute approximate surface area is 124 Å². The van der Waals surface area contributed by atoms with Gasteiger partial charge >= 0.3 is 0 Å². The van der Waals surface area contributed by atoms with Crippen molar-refractivity contribution in [2.45, 2.75) is 57.6 Å². The zero-order valence-corrected chi connectivity index (χ0v) is 12.7. The summed E-state index contributed by atoms with van der Waals surface area (Å²) in [5.74, 6) is 0.603. The number of hydrogen-bond acceptors (Lipinski definition) is 5. The van der Waals surface area contributed by atoms with Crippen LogP contribution >= 0.6 is 0 Å². The van der Waals surface area contributed by atoms with Crippen LogP contribution in [0.15, 0.2) is 12.5 Å². The molecule has 0 bridgehead atoms. The number of aliphatic hydroxyl groups is 1. The fraction of sp³-hybridized carbons (Fsp3) is 0.667. The maximum absolute atomic E-state index is 9.73. The summed E-state index contributed by atoms with van der Waals surface area (Å²) in [6.45, 7) is 4.24. The number of anilines is 1. The number of imidazole rings is 1. The van der Waals surface area contributed by atoms with Crippen molar-refractivity contribution in [2.75, 3.05) is 11.9 Å². The second-order valence-electron chi connectivity index (χ2n) is 6.48. The summed E-state index contributed by atoms with van der Waals surface area (Å²) in [6.07, 6.45) is 9.28. The molecule has 0 saturated heterocycles. The van der Waals surface area contributed by atoms with Crippen molar-refractivity contribution in [2.24, 2.45) is 0 Å². The lowest BCUT2D eigenvalue weighted by molar-refractivity contribution is 0.0748. The van der Waals surface area contributed by atoms with Crippen LogP contribution < -0.4 is 5.32 Å². The van der Waals surface area contributed by atoms with E-state index in [0.717, 1.165) is 11.2 Å². The van der Waals surface area contributed by atoms with Crippen LogP contribution in [-0.4, -0.2) is 36.8 Å². The highest BCUT2D eigenvalue weighted by molar-refractivity contribution is 5.71. The first-order valence-corrected chi connectivity index (χ1v) is 7.69. The molecule has 2 N–H and O–H groups in total. The zero-order chi connectivity index (χ0) is 14.9. The molecule has 21 heavy (non-hydrogen) atoms. The number of aromatic nitrogens is 4. The van der Waals surface area contributed by atoms with Crippen molar-refractivity contribution in [3.63, 3.8) is 0 Å². The van der Waals surface area contributed by atoms with Crippen molar-refractivity contribution in [3.05, 3.63) is 12.5 Å². The van der Waals surface area contributed by atoms with E-state index in [4.69, 9.17) is 0 Å². The van der Waals surface area contributed by atoms with Crippen molar-refractivity contribution < 1.29 is 5.11 Å². The van der Waals surface area contributed by atoms with Gasteiger partial charge in [0.25, 0.3) is 0 Å². The Kier molecular flexibility index (Phi) is 3.80. The smallest absolute Gasteiger partial charge is 0.224 e. The second kappa shape index (κ2) is 5.60. The van der Waals surface area contributed by atoms with Crippen LogP contribution in [0.3, 0.4) is 0 Å². The first kappa shape index (κ1) is 14.3. The molecular formula is C15H23N5O. The van der Waals surface area contributed by atoms with E-state index in [2.05, 4.69) is 24.8 Å². The topological polar surface area (TPSA) is 75.9 Å². The summed E-state index contributed by atoms with van der Waals surface area (Å²) in [7, 11) is 0. The van der Waals surface area contributed by atoms with Crippen LogP contribution in [0, 0.1) is 0 Å². The summed E-state index contributed by atoms with van der Waals surface area (Å²) in [6, 6.07) is 0.522. The van der Waals surface area contributed by atoms with Gasteiger partial charge < -0.3 is 15.0 Å². The number of nitrogens with zero attached hydrogens (tertiary/aromatic N) is 4. The Morgan fingerprint density at radius 2 is 2.10 bits per heavy atom. The van der Waals surface area contributed by atoms with Crippen molar-refractivity contribution in [3.8, 4) is 0 Å². The van der Waals surface area contributed by atoms with Gasteiger partial charge in [-0.3, -0.25) is 0 Å². The highest BCUT2D eigenvalue weighted by Crippen LogP contribution is 2.31. The van der Waals surface area contributed by atoms with Crippen LogP contribution in [0.1, 0.15) is 52.0 Å². The zero-order valence-electron chi connectivity index (χ0n) is 12.7. The highest BCUT2D eigenvalue weighted by atomic mass is 16.3. The van der Waals surface area contributed by atoms with Gasteiger partial charge in [0.05, 0.1) is 18.1 Å². The van der Waals surface area contributed by atoms with E-state index in [1.54, 1.807) is 20.0 Å². The van der Waals surface area contributed by atoms with Crippen molar-refractivity contribution in [1.82, 2.24) is 19.5 Å². The minimum atomic E-state index is -0.678. The van der Waals surface area contributed by atoms with Gasteiger partial charge in [0, 0.05) is 12.6 Å². The normalized spacial score (nSPS) is 16.7. The lowest BCUT2D eigenvalue weighted by Gasteiger charge is -2.17. The van der Waals surface area contributed by atoms with Gasteiger partial charge in [-0.25, -0.2) is 9.97 Å². The molecule has 3 rings (SSSR count). The third kappa shape index (κ3) is 3.32. The summed E-state index contributed by atoms with van der Waals surface area (Å²) in [5, 5.41) is 12.9. The molecule has 0 spiro atoms. The molecule has 2 aromatic heterocycles. The first-order chi connectivity index (χ1) is 10.0. The molecule has 2 aromatic rings. The van der Waals surface area contributed by atoms with Crippen LogP contribution in [0.2, 0.25) is 0 Å². The van der Waals surface area contributed by atoms with E-state index < -0.39 is 5.60 Å². The Hall–Kier alpha value is -1.69. The molecule has 0 aliphatic heterocycles. The molecule has 0 radical (unpaired) electrons. The van der Waals surface area contributed by atoms with E-state index in [9.17, 15) is 5.11 Å². The Morgan fingerprint density at radius 1 is 1.33 bits per heavy atom. The number of rotatable bonds is 5. The SMILES string of the molecule is CC(C)(O)CCNc1ncc2ncn(C3CCCC3)c2n1. The van der Waals surface area contributed by atoms with E-state index in [0.29, 0.717) is 25.0 Å². The second-order valence-corrected chi connectivity index (χ2v) is 6.48. The summed E-state index contributed by atoms with van der Waals surface area (Å²) in [5.41, 5.74) is 1.07. The van der Waals surface area contributed by atoms with Gasteiger partial charge in [-0.1, -0.05) is 12.8 Å². The molecule has 0 amide bonds. The molecule has 114 valence electrons. The largest absolute Gasteiger partial charge is 0.390 e. The van der Waals surface area contributed by atoms with Crippen LogP contribution in [0.4, 0.5) is 5.95 Å². The van der Waals surface area contributed by atoms with E-state index in [1.165, 1.54) is 25.7 Å². The van der Waals surface area contributed by atoms with Crippen LogP contribution in [0.25, 0.3) is 11.2 Å². The molecule has 2 heterocycles.